The Bertz CT molecular complexity index is 656. The second-order valence-corrected chi connectivity index (χ2v) is 4.69. The predicted octanol–water partition coefficient (Wildman–Crippen LogP) is 1.99. The largest absolute Gasteiger partial charge is 0.348 e. The maximum absolute atomic E-state index is 12.2. The molecule has 2 aromatic rings. The number of nitrogens with zero attached hydrogens (tertiary/aromatic N) is 1. The summed E-state index contributed by atoms with van der Waals surface area (Å²) < 4.78 is 0. The molecule has 4 heteroatoms. The number of nitrogens with one attached hydrogen (secondary N) is 1. The number of carbonyl (C=O) groups is 1. The van der Waals surface area contributed by atoms with Crippen molar-refractivity contribution in [3.8, 4) is 6.07 Å². The van der Waals surface area contributed by atoms with Gasteiger partial charge in [-0.15, -0.1) is 0 Å². The predicted molar refractivity (Wildman–Crippen MR) is 81.5 cm³/mol. The van der Waals surface area contributed by atoms with Crippen LogP contribution < -0.4 is 11.1 Å². The van der Waals surface area contributed by atoms with E-state index in [1.165, 1.54) is 0 Å². The molecule has 3 N–H and O–H groups in total. The third kappa shape index (κ3) is 3.91. The number of hydrogen-bond donors (Lipinski definition) is 2. The molecule has 0 aromatic heterocycles. The third-order valence-corrected chi connectivity index (χ3v) is 3.21. The van der Waals surface area contributed by atoms with E-state index in [-0.39, 0.29) is 5.91 Å². The van der Waals surface area contributed by atoms with Gasteiger partial charge in [-0.1, -0.05) is 30.3 Å². The highest BCUT2D eigenvalue weighted by Gasteiger charge is 2.09. The van der Waals surface area contributed by atoms with Gasteiger partial charge in [0.2, 0.25) is 0 Å². The first-order valence-electron chi connectivity index (χ1n) is 6.80. The minimum absolute atomic E-state index is 0.108. The quantitative estimate of drug-likeness (QED) is 0.878. The van der Waals surface area contributed by atoms with Crippen LogP contribution in [-0.2, 0) is 13.0 Å². The number of hydrogen-bond acceptors (Lipinski definition) is 3. The van der Waals surface area contributed by atoms with Crippen molar-refractivity contribution in [3.63, 3.8) is 0 Å². The van der Waals surface area contributed by atoms with E-state index in [0.29, 0.717) is 30.6 Å². The molecule has 0 atom stereocenters. The number of amides is 1. The van der Waals surface area contributed by atoms with Crippen LogP contribution in [0.1, 0.15) is 27.0 Å². The summed E-state index contributed by atoms with van der Waals surface area (Å²) in [5.41, 5.74) is 8.75. The lowest BCUT2D eigenvalue weighted by molar-refractivity contribution is 0.0950. The fraction of sp³-hybridized carbons (Fsp3) is 0.176. The highest BCUT2D eigenvalue weighted by atomic mass is 16.1. The number of rotatable bonds is 5. The van der Waals surface area contributed by atoms with Crippen LogP contribution in [0.3, 0.4) is 0 Å². The van der Waals surface area contributed by atoms with Crippen molar-refractivity contribution >= 4 is 5.91 Å². The summed E-state index contributed by atoms with van der Waals surface area (Å²) in [6, 6.07) is 16.7. The number of carbonyl (C=O) groups excluding carboxylic acids is 1. The van der Waals surface area contributed by atoms with Crippen molar-refractivity contribution in [1.82, 2.24) is 5.32 Å². The second kappa shape index (κ2) is 7.22. The van der Waals surface area contributed by atoms with E-state index < -0.39 is 0 Å². The van der Waals surface area contributed by atoms with Gasteiger partial charge in [0.1, 0.15) is 0 Å². The topological polar surface area (TPSA) is 78.9 Å². The van der Waals surface area contributed by atoms with Gasteiger partial charge in [0.05, 0.1) is 11.6 Å². The monoisotopic (exact) mass is 279 g/mol. The third-order valence-electron chi connectivity index (χ3n) is 3.21. The number of benzene rings is 2. The molecule has 0 aliphatic carbocycles. The van der Waals surface area contributed by atoms with Crippen molar-refractivity contribution in [2.45, 2.75) is 13.0 Å². The maximum atomic E-state index is 12.2. The van der Waals surface area contributed by atoms with Gasteiger partial charge in [-0.3, -0.25) is 4.79 Å². The summed E-state index contributed by atoms with van der Waals surface area (Å²) in [6.07, 6.45) is 0.681. The molecule has 0 heterocycles. The number of nitriles is 1. The van der Waals surface area contributed by atoms with Gasteiger partial charge >= 0.3 is 0 Å². The molecule has 0 saturated carbocycles. The average Bonchev–Trinajstić information content (AvgIpc) is 2.54. The molecule has 0 aliphatic heterocycles. The second-order valence-electron chi connectivity index (χ2n) is 4.69. The summed E-state index contributed by atoms with van der Waals surface area (Å²) >= 11 is 0. The Morgan fingerprint density at radius 2 is 1.86 bits per heavy atom. The smallest absolute Gasteiger partial charge is 0.251 e. The SMILES string of the molecule is N#Cc1ccc(CNC(=O)c2ccccc2CCN)cc1. The van der Waals surface area contributed by atoms with E-state index in [1.807, 2.05) is 30.3 Å². The summed E-state index contributed by atoms with van der Waals surface area (Å²) in [5.74, 6) is -0.108. The molecule has 1 amide bonds. The molecule has 0 spiro atoms. The Morgan fingerprint density at radius 1 is 1.14 bits per heavy atom. The molecule has 0 saturated heterocycles. The Morgan fingerprint density at radius 3 is 2.52 bits per heavy atom. The van der Waals surface area contributed by atoms with Gasteiger partial charge in [-0.25, -0.2) is 0 Å². The minimum atomic E-state index is -0.108. The molecule has 21 heavy (non-hydrogen) atoms. The van der Waals surface area contributed by atoms with Gasteiger partial charge in [0, 0.05) is 12.1 Å². The fourth-order valence-electron chi connectivity index (χ4n) is 2.09. The van der Waals surface area contributed by atoms with Gasteiger partial charge in [0.25, 0.3) is 5.91 Å². The van der Waals surface area contributed by atoms with Crippen molar-refractivity contribution in [1.29, 1.82) is 5.26 Å². The van der Waals surface area contributed by atoms with Crippen molar-refractivity contribution in [2.75, 3.05) is 6.54 Å². The number of nitrogens with two attached hydrogens (primary N) is 1. The molecular formula is C17H17N3O. The van der Waals surface area contributed by atoms with Crippen molar-refractivity contribution < 1.29 is 4.79 Å². The molecule has 4 nitrogen and oxygen atoms in total. The first-order valence-corrected chi connectivity index (χ1v) is 6.80. The molecular weight excluding hydrogens is 262 g/mol. The lowest BCUT2D eigenvalue weighted by atomic mass is 10.0. The van der Waals surface area contributed by atoms with Gasteiger partial charge in [0.15, 0.2) is 0 Å². The Labute approximate surface area is 124 Å². The van der Waals surface area contributed by atoms with E-state index in [1.54, 1.807) is 18.2 Å². The van der Waals surface area contributed by atoms with Crippen LogP contribution in [0.25, 0.3) is 0 Å². The van der Waals surface area contributed by atoms with E-state index in [0.717, 1.165) is 11.1 Å². The molecule has 0 radical (unpaired) electrons. The first kappa shape index (κ1) is 14.8. The average molecular weight is 279 g/mol. The van der Waals surface area contributed by atoms with Crippen LogP contribution in [0.2, 0.25) is 0 Å². The maximum Gasteiger partial charge on any atom is 0.251 e. The normalized spacial score (nSPS) is 9.90. The van der Waals surface area contributed by atoms with Crippen LogP contribution >= 0.6 is 0 Å². The van der Waals surface area contributed by atoms with Crippen LogP contribution in [0.5, 0.6) is 0 Å². The molecule has 2 rings (SSSR count). The van der Waals surface area contributed by atoms with Gasteiger partial charge in [-0.2, -0.15) is 5.26 Å². The lowest BCUT2D eigenvalue weighted by Gasteiger charge is -2.09. The highest BCUT2D eigenvalue weighted by molar-refractivity contribution is 5.95. The zero-order valence-electron chi connectivity index (χ0n) is 11.7. The summed E-state index contributed by atoms with van der Waals surface area (Å²) in [7, 11) is 0. The van der Waals surface area contributed by atoms with Crippen LogP contribution in [0.15, 0.2) is 48.5 Å². The zero-order chi connectivity index (χ0) is 15.1. The van der Waals surface area contributed by atoms with E-state index in [9.17, 15) is 4.79 Å². The van der Waals surface area contributed by atoms with Gasteiger partial charge < -0.3 is 11.1 Å². The van der Waals surface area contributed by atoms with E-state index in [2.05, 4.69) is 11.4 Å². The van der Waals surface area contributed by atoms with Crippen molar-refractivity contribution in [3.05, 3.63) is 70.8 Å². The molecule has 0 aliphatic rings. The van der Waals surface area contributed by atoms with Crippen LogP contribution in [0.4, 0.5) is 0 Å². The van der Waals surface area contributed by atoms with E-state index >= 15 is 0 Å². The summed E-state index contributed by atoms with van der Waals surface area (Å²) in [6.45, 7) is 0.946. The highest BCUT2D eigenvalue weighted by Crippen LogP contribution is 2.10. The summed E-state index contributed by atoms with van der Waals surface area (Å²) in [4.78, 5) is 12.2. The standard InChI is InChI=1S/C17H17N3O/c18-10-9-15-3-1-2-4-16(15)17(21)20-12-14-7-5-13(11-19)6-8-14/h1-8H,9-10,12,18H2,(H,20,21). The molecule has 106 valence electrons. The Kier molecular flexibility index (Phi) is 5.08. The zero-order valence-corrected chi connectivity index (χ0v) is 11.7. The molecule has 0 unspecified atom stereocenters. The van der Waals surface area contributed by atoms with Gasteiger partial charge in [-0.05, 0) is 42.3 Å². The molecule has 0 fully saturated rings. The fourth-order valence-corrected chi connectivity index (χ4v) is 2.09. The van der Waals surface area contributed by atoms with Crippen LogP contribution in [-0.4, -0.2) is 12.5 Å². The minimum Gasteiger partial charge on any atom is -0.348 e. The molecule has 0 bridgehead atoms. The Balaban J connectivity index is 2.03. The summed E-state index contributed by atoms with van der Waals surface area (Å²) in [5, 5.41) is 11.6. The first-order chi connectivity index (χ1) is 10.2. The van der Waals surface area contributed by atoms with E-state index in [4.69, 9.17) is 11.0 Å². The Hall–Kier alpha value is -2.64. The lowest BCUT2D eigenvalue weighted by Crippen LogP contribution is -2.24. The molecule has 2 aromatic carbocycles. The van der Waals surface area contributed by atoms with Crippen LogP contribution in [0, 0.1) is 11.3 Å². The van der Waals surface area contributed by atoms with Crippen molar-refractivity contribution in [2.24, 2.45) is 5.73 Å².